The lowest BCUT2D eigenvalue weighted by molar-refractivity contribution is 0.535. The Labute approximate surface area is 102 Å². The normalized spacial score (nSPS) is 17.3. The molecule has 1 unspecified atom stereocenters. The van der Waals surface area contributed by atoms with Crippen LogP contribution in [0.15, 0.2) is 48.8 Å². The third-order valence-electron chi connectivity index (χ3n) is 3.43. The van der Waals surface area contributed by atoms with Gasteiger partial charge in [0.05, 0.1) is 0 Å². The molecule has 3 rings (SSSR count). The molecule has 1 N–H and O–H groups in total. The molecule has 1 aliphatic rings. The second kappa shape index (κ2) is 4.68. The van der Waals surface area contributed by atoms with Crippen LogP contribution in [0.4, 0.5) is 0 Å². The van der Waals surface area contributed by atoms with Gasteiger partial charge in [-0.1, -0.05) is 24.3 Å². The number of nitrogens with one attached hydrogen (secondary N) is 1. The molecule has 1 aliphatic carbocycles. The van der Waals surface area contributed by atoms with Crippen LogP contribution in [0.5, 0.6) is 0 Å². The summed E-state index contributed by atoms with van der Waals surface area (Å²) in [5.41, 5.74) is 4.34. The van der Waals surface area contributed by atoms with Gasteiger partial charge in [0.15, 0.2) is 0 Å². The van der Waals surface area contributed by atoms with Crippen molar-refractivity contribution in [1.82, 2.24) is 10.3 Å². The molecule has 17 heavy (non-hydrogen) atoms. The third kappa shape index (κ3) is 2.22. The van der Waals surface area contributed by atoms with Crippen molar-refractivity contribution < 1.29 is 0 Å². The van der Waals surface area contributed by atoms with Crippen molar-refractivity contribution in [3.8, 4) is 0 Å². The Morgan fingerprint density at radius 3 is 2.76 bits per heavy atom. The van der Waals surface area contributed by atoms with Gasteiger partial charge in [0.1, 0.15) is 0 Å². The molecular formula is C15H16N2. The lowest BCUT2D eigenvalue weighted by Crippen LogP contribution is -2.28. The average molecular weight is 224 g/mol. The van der Waals surface area contributed by atoms with Crippen molar-refractivity contribution in [2.75, 3.05) is 6.54 Å². The van der Waals surface area contributed by atoms with Crippen molar-refractivity contribution in [1.29, 1.82) is 0 Å². The van der Waals surface area contributed by atoms with E-state index >= 15 is 0 Å². The molecule has 2 heteroatoms. The topological polar surface area (TPSA) is 24.9 Å². The maximum atomic E-state index is 4.02. The molecule has 0 amide bonds. The Morgan fingerprint density at radius 2 is 1.94 bits per heavy atom. The molecule has 0 fully saturated rings. The predicted octanol–water partition coefficient (Wildman–Crippen LogP) is 2.51. The smallest absolute Gasteiger partial charge is 0.0271 e. The molecule has 2 aromatic rings. The van der Waals surface area contributed by atoms with Crippen LogP contribution in [0.25, 0.3) is 0 Å². The minimum absolute atomic E-state index is 0.702. The number of pyridine rings is 1. The SMILES string of the molecule is c1ccc2c(c1)CC2CNCc1ccncc1. The number of hydrogen-bond acceptors (Lipinski definition) is 2. The highest BCUT2D eigenvalue weighted by Crippen LogP contribution is 2.33. The van der Waals surface area contributed by atoms with Crippen molar-refractivity contribution in [2.24, 2.45) is 0 Å². The van der Waals surface area contributed by atoms with Gasteiger partial charge in [-0.15, -0.1) is 0 Å². The van der Waals surface area contributed by atoms with Crippen LogP contribution in [0.3, 0.4) is 0 Å². The van der Waals surface area contributed by atoms with Crippen molar-refractivity contribution in [2.45, 2.75) is 18.9 Å². The van der Waals surface area contributed by atoms with Gasteiger partial charge in [0, 0.05) is 31.4 Å². The predicted molar refractivity (Wildman–Crippen MR) is 68.8 cm³/mol. The quantitative estimate of drug-likeness (QED) is 0.863. The van der Waals surface area contributed by atoms with Crippen LogP contribution in [0, 0.1) is 0 Å². The van der Waals surface area contributed by atoms with E-state index in [0.29, 0.717) is 5.92 Å². The molecule has 1 heterocycles. The van der Waals surface area contributed by atoms with Crippen molar-refractivity contribution >= 4 is 0 Å². The fourth-order valence-corrected chi connectivity index (χ4v) is 2.44. The first kappa shape index (κ1) is 10.5. The van der Waals surface area contributed by atoms with E-state index in [9.17, 15) is 0 Å². The second-order valence-corrected chi connectivity index (χ2v) is 4.59. The van der Waals surface area contributed by atoms with E-state index in [4.69, 9.17) is 0 Å². The lowest BCUT2D eigenvalue weighted by atomic mass is 9.77. The Hall–Kier alpha value is -1.67. The Balaban J connectivity index is 1.51. The van der Waals surface area contributed by atoms with Crippen LogP contribution < -0.4 is 5.32 Å². The van der Waals surface area contributed by atoms with Crippen LogP contribution in [-0.4, -0.2) is 11.5 Å². The highest BCUT2D eigenvalue weighted by molar-refractivity contribution is 5.40. The number of benzene rings is 1. The first-order valence-corrected chi connectivity index (χ1v) is 6.11. The minimum Gasteiger partial charge on any atom is -0.312 e. The first-order chi connectivity index (χ1) is 8.43. The van der Waals surface area contributed by atoms with E-state index in [1.54, 1.807) is 0 Å². The van der Waals surface area contributed by atoms with Crippen LogP contribution >= 0.6 is 0 Å². The van der Waals surface area contributed by atoms with E-state index in [-0.39, 0.29) is 0 Å². The summed E-state index contributed by atoms with van der Waals surface area (Å²) in [7, 11) is 0. The molecule has 0 radical (unpaired) electrons. The Bertz CT molecular complexity index is 493. The van der Waals surface area contributed by atoms with E-state index in [1.807, 2.05) is 12.4 Å². The summed E-state index contributed by atoms with van der Waals surface area (Å²) in [6, 6.07) is 12.9. The monoisotopic (exact) mass is 224 g/mol. The van der Waals surface area contributed by atoms with Gasteiger partial charge in [-0.3, -0.25) is 4.98 Å². The van der Waals surface area contributed by atoms with Crippen LogP contribution in [-0.2, 0) is 13.0 Å². The minimum atomic E-state index is 0.702. The van der Waals surface area contributed by atoms with E-state index < -0.39 is 0 Å². The molecule has 1 aromatic heterocycles. The van der Waals surface area contributed by atoms with Gasteiger partial charge >= 0.3 is 0 Å². The summed E-state index contributed by atoms with van der Waals surface area (Å²) in [6.07, 6.45) is 4.91. The standard InChI is InChI=1S/C15H16N2/c1-2-4-15-13(3-1)9-14(15)11-17-10-12-5-7-16-8-6-12/h1-8,14,17H,9-11H2. The molecule has 2 nitrogen and oxygen atoms in total. The fraction of sp³-hybridized carbons (Fsp3) is 0.267. The average Bonchev–Trinajstić information content (AvgIpc) is 2.36. The van der Waals surface area contributed by atoms with Gasteiger partial charge in [-0.05, 0) is 35.2 Å². The Kier molecular flexibility index (Phi) is 2.88. The maximum absolute atomic E-state index is 4.02. The first-order valence-electron chi connectivity index (χ1n) is 6.11. The van der Waals surface area contributed by atoms with Gasteiger partial charge < -0.3 is 5.32 Å². The molecule has 1 aromatic carbocycles. The number of aromatic nitrogens is 1. The molecule has 0 saturated heterocycles. The zero-order valence-corrected chi connectivity index (χ0v) is 9.76. The number of rotatable bonds is 4. The van der Waals surface area contributed by atoms with E-state index in [0.717, 1.165) is 13.1 Å². The second-order valence-electron chi connectivity index (χ2n) is 4.59. The Morgan fingerprint density at radius 1 is 1.12 bits per heavy atom. The fourth-order valence-electron chi connectivity index (χ4n) is 2.44. The molecule has 0 bridgehead atoms. The van der Waals surface area contributed by atoms with E-state index in [2.05, 4.69) is 46.7 Å². The molecular weight excluding hydrogens is 208 g/mol. The summed E-state index contributed by atoms with van der Waals surface area (Å²) in [5.74, 6) is 0.702. The van der Waals surface area contributed by atoms with E-state index in [1.165, 1.54) is 23.1 Å². The van der Waals surface area contributed by atoms with Gasteiger partial charge in [-0.2, -0.15) is 0 Å². The third-order valence-corrected chi connectivity index (χ3v) is 3.43. The molecule has 0 saturated carbocycles. The van der Waals surface area contributed by atoms with Crippen molar-refractivity contribution in [3.05, 3.63) is 65.5 Å². The summed E-state index contributed by atoms with van der Waals surface area (Å²) in [5, 5.41) is 3.52. The zero-order chi connectivity index (χ0) is 11.5. The molecule has 0 spiro atoms. The number of hydrogen-bond donors (Lipinski definition) is 1. The highest BCUT2D eigenvalue weighted by atomic mass is 14.9. The molecule has 1 atom stereocenters. The number of fused-ring (bicyclic) bond motifs is 1. The molecule has 86 valence electrons. The molecule has 0 aliphatic heterocycles. The van der Waals surface area contributed by atoms with Gasteiger partial charge in [0.2, 0.25) is 0 Å². The highest BCUT2D eigenvalue weighted by Gasteiger charge is 2.24. The summed E-state index contributed by atoms with van der Waals surface area (Å²) < 4.78 is 0. The van der Waals surface area contributed by atoms with Crippen molar-refractivity contribution in [3.63, 3.8) is 0 Å². The number of nitrogens with zero attached hydrogens (tertiary/aromatic N) is 1. The van der Waals surface area contributed by atoms with Crippen LogP contribution in [0.1, 0.15) is 22.6 Å². The zero-order valence-electron chi connectivity index (χ0n) is 9.76. The summed E-state index contributed by atoms with van der Waals surface area (Å²) in [4.78, 5) is 4.02. The summed E-state index contributed by atoms with van der Waals surface area (Å²) in [6.45, 7) is 2.00. The maximum Gasteiger partial charge on any atom is 0.0271 e. The lowest BCUT2D eigenvalue weighted by Gasteiger charge is -2.30. The summed E-state index contributed by atoms with van der Waals surface area (Å²) >= 11 is 0. The van der Waals surface area contributed by atoms with Crippen LogP contribution in [0.2, 0.25) is 0 Å². The largest absolute Gasteiger partial charge is 0.312 e. The van der Waals surface area contributed by atoms with Gasteiger partial charge in [0.25, 0.3) is 0 Å². The van der Waals surface area contributed by atoms with Gasteiger partial charge in [-0.25, -0.2) is 0 Å².